The van der Waals surface area contributed by atoms with Gasteiger partial charge in [-0.25, -0.2) is 4.98 Å². The van der Waals surface area contributed by atoms with Gasteiger partial charge < -0.3 is 0 Å². The van der Waals surface area contributed by atoms with Crippen LogP contribution in [0.5, 0.6) is 0 Å². The summed E-state index contributed by atoms with van der Waals surface area (Å²) >= 11 is 1.65. The maximum absolute atomic E-state index is 4.33. The Morgan fingerprint density at radius 3 is 3.07 bits per heavy atom. The topological polar surface area (TPSA) is 30.7 Å². The SMILES string of the molecule is Cn1ncc2cccc(-c3nccs3)c21. The van der Waals surface area contributed by atoms with Crippen LogP contribution < -0.4 is 0 Å². The van der Waals surface area contributed by atoms with Crippen LogP contribution in [0, 0.1) is 0 Å². The monoisotopic (exact) mass is 215 g/mol. The lowest BCUT2D eigenvalue weighted by Crippen LogP contribution is -1.91. The van der Waals surface area contributed by atoms with Crippen molar-refractivity contribution in [1.82, 2.24) is 14.8 Å². The third-order valence-electron chi connectivity index (χ3n) is 2.42. The molecule has 0 atom stereocenters. The molecule has 3 aromatic rings. The molecular formula is C11H9N3S. The van der Waals surface area contributed by atoms with Gasteiger partial charge in [0.05, 0.1) is 11.7 Å². The number of aromatic nitrogens is 3. The lowest BCUT2D eigenvalue weighted by atomic mass is 10.1. The molecule has 74 valence electrons. The Kier molecular flexibility index (Phi) is 1.82. The van der Waals surface area contributed by atoms with Crippen molar-refractivity contribution < 1.29 is 0 Å². The van der Waals surface area contributed by atoms with Gasteiger partial charge in [0.2, 0.25) is 0 Å². The van der Waals surface area contributed by atoms with E-state index in [1.54, 1.807) is 11.3 Å². The quantitative estimate of drug-likeness (QED) is 0.625. The van der Waals surface area contributed by atoms with Gasteiger partial charge in [0, 0.05) is 29.6 Å². The summed E-state index contributed by atoms with van der Waals surface area (Å²) in [6.45, 7) is 0. The highest BCUT2D eigenvalue weighted by Crippen LogP contribution is 2.29. The molecule has 3 nitrogen and oxygen atoms in total. The minimum absolute atomic E-state index is 1.05. The van der Waals surface area contributed by atoms with Gasteiger partial charge in [-0.2, -0.15) is 5.10 Å². The number of aryl methyl sites for hydroxylation is 1. The van der Waals surface area contributed by atoms with Gasteiger partial charge in [0.15, 0.2) is 0 Å². The van der Waals surface area contributed by atoms with Gasteiger partial charge in [-0.15, -0.1) is 11.3 Å². The van der Waals surface area contributed by atoms with Gasteiger partial charge in [0.25, 0.3) is 0 Å². The van der Waals surface area contributed by atoms with E-state index in [4.69, 9.17) is 0 Å². The molecule has 2 aromatic heterocycles. The number of fused-ring (bicyclic) bond motifs is 1. The van der Waals surface area contributed by atoms with Crippen LogP contribution in [0.3, 0.4) is 0 Å². The normalized spacial score (nSPS) is 11.0. The number of thiazole rings is 1. The molecule has 0 radical (unpaired) electrons. The van der Waals surface area contributed by atoms with Crippen molar-refractivity contribution in [2.75, 3.05) is 0 Å². The van der Waals surface area contributed by atoms with Gasteiger partial charge in [-0.1, -0.05) is 12.1 Å². The molecule has 1 aromatic carbocycles. The molecule has 0 saturated heterocycles. The van der Waals surface area contributed by atoms with Crippen LogP contribution in [-0.2, 0) is 7.05 Å². The van der Waals surface area contributed by atoms with Crippen molar-refractivity contribution in [2.24, 2.45) is 7.05 Å². The summed E-state index contributed by atoms with van der Waals surface area (Å²) in [5, 5.41) is 8.45. The zero-order valence-electron chi connectivity index (χ0n) is 8.21. The van der Waals surface area contributed by atoms with Gasteiger partial charge in [0.1, 0.15) is 5.01 Å². The number of hydrogen-bond donors (Lipinski definition) is 0. The van der Waals surface area contributed by atoms with E-state index in [1.807, 2.05) is 35.6 Å². The molecule has 0 aliphatic heterocycles. The summed E-state index contributed by atoms with van der Waals surface area (Å²) in [6, 6.07) is 6.20. The number of rotatable bonds is 1. The Balaban J connectivity index is 2.39. The smallest absolute Gasteiger partial charge is 0.125 e. The summed E-state index contributed by atoms with van der Waals surface area (Å²) in [5.74, 6) is 0. The Hall–Kier alpha value is -1.68. The zero-order valence-corrected chi connectivity index (χ0v) is 9.03. The van der Waals surface area contributed by atoms with E-state index in [-0.39, 0.29) is 0 Å². The molecule has 0 fully saturated rings. The Morgan fingerprint density at radius 1 is 1.33 bits per heavy atom. The van der Waals surface area contributed by atoms with Crippen LogP contribution in [0.2, 0.25) is 0 Å². The van der Waals surface area contributed by atoms with E-state index in [2.05, 4.69) is 22.2 Å². The van der Waals surface area contributed by atoms with E-state index >= 15 is 0 Å². The predicted molar refractivity (Wildman–Crippen MR) is 61.8 cm³/mol. The summed E-state index contributed by atoms with van der Waals surface area (Å²) in [6.07, 6.45) is 3.71. The molecular weight excluding hydrogens is 206 g/mol. The van der Waals surface area contributed by atoms with Crippen molar-refractivity contribution in [1.29, 1.82) is 0 Å². The van der Waals surface area contributed by atoms with Crippen LogP contribution in [0.4, 0.5) is 0 Å². The third-order valence-corrected chi connectivity index (χ3v) is 3.23. The fraction of sp³-hybridized carbons (Fsp3) is 0.0909. The molecule has 2 heterocycles. The van der Waals surface area contributed by atoms with Crippen molar-refractivity contribution in [3.05, 3.63) is 36.0 Å². The summed E-state index contributed by atoms with van der Waals surface area (Å²) < 4.78 is 1.89. The molecule has 0 unspecified atom stereocenters. The Labute approximate surface area is 91.0 Å². The van der Waals surface area contributed by atoms with Gasteiger partial charge in [-0.3, -0.25) is 4.68 Å². The molecule has 0 aliphatic carbocycles. The number of benzene rings is 1. The second kappa shape index (κ2) is 3.17. The summed E-state index contributed by atoms with van der Waals surface area (Å²) in [4.78, 5) is 4.33. The standard InChI is InChI=1S/C11H9N3S/c1-14-10-8(7-13-14)3-2-4-9(10)11-12-5-6-15-11/h2-7H,1H3. The number of para-hydroxylation sites is 1. The first kappa shape index (κ1) is 8.61. The number of hydrogen-bond acceptors (Lipinski definition) is 3. The minimum Gasteiger partial charge on any atom is -0.267 e. The largest absolute Gasteiger partial charge is 0.267 e. The van der Waals surface area contributed by atoms with Gasteiger partial charge >= 0.3 is 0 Å². The first-order valence-electron chi connectivity index (χ1n) is 4.67. The lowest BCUT2D eigenvalue weighted by Gasteiger charge is -2.01. The third kappa shape index (κ3) is 1.26. The maximum Gasteiger partial charge on any atom is 0.125 e. The molecule has 4 heteroatoms. The molecule has 0 aliphatic rings. The van der Waals surface area contributed by atoms with Crippen molar-refractivity contribution in [3.63, 3.8) is 0 Å². The summed E-state index contributed by atoms with van der Waals surface area (Å²) in [5.41, 5.74) is 2.30. The van der Waals surface area contributed by atoms with Crippen LogP contribution in [-0.4, -0.2) is 14.8 Å². The van der Waals surface area contributed by atoms with Crippen molar-refractivity contribution >= 4 is 22.2 Å². The van der Waals surface area contributed by atoms with Crippen LogP contribution in [0.25, 0.3) is 21.5 Å². The van der Waals surface area contributed by atoms with E-state index in [0.717, 1.165) is 21.5 Å². The second-order valence-corrected chi connectivity index (χ2v) is 4.24. The Morgan fingerprint density at radius 2 is 2.27 bits per heavy atom. The van der Waals surface area contributed by atoms with Crippen LogP contribution >= 0.6 is 11.3 Å². The molecule has 0 spiro atoms. The van der Waals surface area contributed by atoms with Gasteiger partial charge in [-0.05, 0) is 6.07 Å². The van der Waals surface area contributed by atoms with E-state index < -0.39 is 0 Å². The van der Waals surface area contributed by atoms with Crippen molar-refractivity contribution in [2.45, 2.75) is 0 Å². The minimum atomic E-state index is 1.05. The van der Waals surface area contributed by atoms with Crippen LogP contribution in [0.15, 0.2) is 36.0 Å². The predicted octanol–water partition coefficient (Wildman–Crippen LogP) is 2.70. The van der Waals surface area contributed by atoms with Crippen molar-refractivity contribution in [3.8, 4) is 10.6 Å². The van der Waals surface area contributed by atoms with E-state index in [1.165, 1.54) is 0 Å². The second-order valence-electron chi connectivity index (χ2n) is 3.35. The molecule has 0 bridgehead atoms. The zero-order chi connectivity index (χ0) is 10.3. The first-order valence-corrected chi connectivity index (χ1v) is 5.55. The fourth-order valence-electron chi connectivity index (χ4n) is 1.76. The highest BCUT2D eigenvalue weighted by atomic mass is 32.1. The highest BCUT2D eigenvalue weighted by molar-refractivity contribution is 7.13. The Bertz CT molecular complexity index is 595. The summed E-state index contributed by atoms with van der Waals surface area (Å²) in [7, 11) is 1.96. The lowest BCUT2D eigenvalue weighted by molar-refractivity contribution is 0.797. The molecule has 3 rings (SSSR count). The molecule has 15 heavy (non-hydrogen) atoms. The first-order chi connectivity index (χ1) is 7.36. The maximum atomic E-state index is 4.33. The fourth-order valence-corrected chi connectivity index (χ4v) is 2.43. The molecule has 0 amide bonds. The van der Waals surface area contributed by atoms with E-state index in [9.17, 15) is 0 Å². The average Bonchev–Trinajstić information content (AvgIpc) is 2.88. The highest BCUT2D eigenvalue weighted by Gasteiger charge is 2.08. The molecule has 0 N–H and O–H groups in total. The van der Waals surface area contributed by atoms with E-state index in [0.29, 0.717) is 0 Å². The van der Waals surface area contributed by atoms with Crippen LogP contribution in [0.1, 0.15) is 0 Å². The average molecular weight is 215 g/mol. The number of nitrogens with zero attached hydrogens (tertiary/aromatic N) is 3. The molecule has 0 saturated carbocycles.